The van der Waals surface area contributed by atoms with E-state index < -0.39 is 0 Å². The summed E-state index contributed by atoms with van der Waals surface area (Å²) in [5.74, 6) is 0.794. The lowest BCUT2D eigenvalue weighted by Gasteiger charge is -2.11. The number of thiocarbonyl (C=S) groups is 1. The van der Waals surface area contributed by atoms with Gasteiger partial charge in [0.05, 0.1) is 5.69 Å². The normalized spacial score (nSPS) is 11.9. The number of hydrogen-bond acceptors (Lipinski definition) is 5. The average molecular weight is 330 g/mol. The van der Waals surface area contributed by atoms with Crippen LogP contribution in [0.15, 0.2) is 36.4 Å². The van der Waals surface area contributed by atoms with Crippen molar-refractivity contribution < 1.29 is 19.4 Å². The summed E-state index contributed by atoms with van der Waals surface area (Å²) in [4.78, 5) is 12.2. The highest BCUT2D eigenvalue weighted by atomic mass is 32.1. The van der Waals surface area contributed by atoms with Gasteiger partial charge in [-0.2, -0.15) is 0 Å². The van der Waals surface area contributed by atoms with Crippen molar-refractivity contribution in [2.24, 2.45) is 0 Å². The molecule has 0 unspecified atom stereocenters. The molecule has 0 aliphatic carbocycles. The number of rotatable bonds is 2. The Hall–Kier alpha value is -2.80. The number of phenolic OH excluding ortho intramolecular Hbond substituents is 1. The lowest BCUT2D eigenvalue weighted by molar-refractivity contribution is 0.0977. The van der Waals surface area contributed by atoms with Crippen LogP contribution in [-0.4, -0.2) is 22.9 Å². The summed E-state index contributed by atoms with van der Waals surface area (Å²) in [7, 11) is 0. The van der Waals surface area contributed by atoms with Crippen molar-refractivity contribution in [1.82, 2.24) is 5.32 Å². The molecule has 1 heterocycles. The van der Waals surface area contributed by atoms with Gasteiger partial charge in [0.2, 0.25) is 6.79 Å². The van der Waals surface area contributed by atoms with Crippen molar-refractivity contribution >= 4 is 28.9 Å². The van der Waals surface area contributed by atoms with Crippen molar-refractivity contribution in [3.8, 4) is 17.2 Å². The molecule has 0 bridgehead atoms. The van der Waals surface area contributed by atoms with E-state index in [0.29, 0.717) is 22.7 Å². The van der Waals surface area contributed by atoms with Crippen molar-refractivity contribution in [3.63, 3.8) is 0 Å². The lowest BCUT2D eigenvalue weighted by atomic mass is 10.2. The van der Waals surface area contributed by atoms with Crippen molar-refractivity contribution in [1.29, 1.82) is 0 Å². The van der Waals surface area contributed by atoms with Crippen LogP contribution in [-0.2, 0) is 0 Å². The van der Waals surface area contributed by atoms with Crippen molar-refractivity contribution in [2.75, 3.05) is 12.1 Å². The fourth-order valence-corrected chi connectivity index (χ4v) is 2.32. The number of phenols is 1. The Morgan fingerprint density at radius 1 is 1.17 bits per heavy atom. The highest BCUT2D eigenvalue weighted by Gasteiger charge is 2.17. The number of anilines is 1. The van der Waals surface area contributed by atoms with E-state index in [1.165, 1.54) is 0 Å². The summed E-state index contributed by atoms with van der Waals surface area (Å²) in [6, 6.07) is 9.93. The third kappa shape index (κ3) is 3.35. The minimum atomic E-state index is -0.382. The molecule has 1 amide bonds. The number of carbonyl (C=O) groups excluding carboxylic acids is 1. The van der Waals surface area contributed by atoms with Crippen molar-refractivity contribution in [2.45, 2.75) is 6.92 Å². The van der Waals surface area contributed by atoms with Gasteiger partial charge in [0.25, 0.3) is 5.91 Å². The van der Waals surface area contributed by atoms with Gasteiger partial charge in [-0.3, -0.25) is 10.1 Å². The molecule has 0 spiro atoms. The Morgan fingerprint density at radius 2 is 1.96 bits per heavy atom. The summed E-state index contributed by atoms with van der Waals surface area (Å²) < 4.78 is 10.4. The molecule has 0 saturated heterocycles. The molecule has 7 heteroatoms. The molecule has 1 aliphatic heterocycles. The molecule has 0 aromatic heterocycles. The number of benzene rings is 2. The zero-order chi connectivity index (χ0) is 16.4. The van der Waals surface area contributed by atoms with Crippen LogP contribution in [0.3, 0.4) is 0 Å². The first-order valence-corrected chi connectivity index (χ1v) is 7.25. The number of aromatic hydroxyl groups is 1. The maximum Gasteiger partial charge on any atom is 0.257 e. The van der Waals surface area contributed by atoms with Crippen LogP contribution in [0.1, 0.15) is 15.9 Å². The third-order valence-corrected chi connectivity index (χ3v) is 3.47. The van der Waals surface area contributed by atoms with Crippen LogP contribution in [0.4, 0.5) is 5.69 Å². The Balaban J connectivity index is 1.68. The first-order valence-electron chi connectivity index (χ1n) is 6.84. The van der Waals surface area contributed by atoms with Crippen LogP contribution in [0, 0.1) is 6.92 Å². The van der Waals surface area contributed by atoms with Gasteiger partial charge >= 0.3 is 0 Å². The summed E-state index contributed by atoms with van der Waals surface area (Å²) in [5.41, 5.74) is 1.78. The number of carbonyl (C=O) groups is 1. The van der Waals surface area contributed by atoms with E-state index in [0.717, 1.165) is 5.56 Å². The molecule has 0 radical (unpaired) electrons. The Labute approximate surface area is 138 Å². The smallest absolute Gasteiger partial charge is 0.257 e. The van der Waals surface area contributed by atoms with Gasteiger partial charge in [-0.05, 0) is 55.0 Å². The molecular weight excluding hydrogens is 316 g/mol. The van der Waals surface area contributed by atoms with Gasteiger partial charge in [0.1, 0.15) is 5.75 Å². The quantitative estimate of drug-likeness (QED) is 0.580. The zero-order valence-electron chi connectivity index (χ0n) is 12.3. The Kier molecular flexibility index (Phi) is 4.03. The second kappa shape index (κ2) is 6.13. The first-order chi connectivity index (χ1) is 11.0. The van der Waals surface area contributed by atoms with Crippen LogP contribution >= 0.6 is 12.2 Å². The SMILES string of the molecule is Cc1ccc(O)c(NC(=S)NC(=O)c2ccc3c(c2)OCO3)c1. The number of ether oxygens (including phenoxy) is 2. The number of hydrogen-bond donors (Lipinski definition) is 3. The van der Waals surface area contributed by atoms with Gasteiger partial charge < -0.3 is 19.9 Å². The summed E-state index contributed by atoms with van der Waals surface area (Å²) in [6.45, 7) is 2.03. The molecule has 118 valence electrons. The van der Waals surface area contributed by atoms with E-state index in [-0.39, 0.29) is 23.6 Å². The largest absolute Gasteiger partial charge is 0.506 e. The second-order valence-corrected chi connectivity index (χ2v) is 5.41. The number of amides is 1. The molecule has 1 aliphatic rings. The van der Waals surface area contributed by atoms with E-state index in [2.05, 4.69) is 10.6 Å². The van der Waals surface area contributed by atoms with Crippen LogP contribution in [0.2, 0.25) is 0 Å². The summed E-state index contributed by atoms with van der Waals surface area (Å²) in [6.07, 6.45) is 0. The van der Waals surface area contributed by atoms with Gasteiger partial charge in [-0.25, -0.2) is 0 Å². The molecule has 0 fully saturated rings. The predicted octanol–water partition coefficient (Wildman–Crippen LogP) is 2.56. The fraction of sp³-hybridized carbons (Fsp3) is 0.125. The highest BCUT2D eigenvalue weighted by Crippen LogP contribution is 2.32. The van der Waals surface area contributed by atoms with Gasteiger partial charge in [0, 0.05) is 5.56 Å². The minimum absolute atomic E-state index is 0.0512. The molecule has 3 rings (SSSR count). The monoisotopic (exact) mass is 330 g/mol. The van der Waals surface area contributed by atoms with Gasteiger partial charge in [-0.15, -0.1) is 0 Å². The molecule has 23 heavy (non-hydrogen) atoms. The first kappa shape index (κ1) is 15.1. The molecule has 2 aromatic rings. The second-order valence-electron chi connectivity index (χ2n) is 5.00. The molecule has 0 saturated carbocycles. The molecular formula is C16H14N2O4S. The summed E-state index contributed by atoms with van der Waals surface area (Å²) in [5, 5.41) is 15.2. The topological polar surface area (TPSA) is 79.8 Å². The van der Waals surface area contributed by atoms with E-state index in [1.807, 2.05) is 6.92 Å². The van der Waals surface area contributed by atoms with Crippen LogP contribution in [0.25, 0.3) is 0 Å². The minimum Gasteiger partial charge on any atom is -0.506 e. The van der Waals surface area contributed by atoms with E-state index in [4.69, 9.17) is 21.7 Å². The Morgan fingerprint density at radius 3 is 2.78 bits per heavy atom. The molecule has 6 nitrogen and oxygen atoms in total. The zero-order valence-corrected chi connectivity index (χ0v) is 13.1. The molecule has 3 N–H and O–H groups in total. The average Bonchev–Trinajstić information content (AvgIpc) is 2.98. The highest BCUT2D eigenvalue weighted by molar-refractivity contribution is 7.80. The Bertz CT molecular complexity index is 792. The standard InChI is InChI=1S/C16H14N2O4S/c1-9-2-4-12(19)11(6-9)17-16(23)18-15(20)10-3-5-13-14(7-10)22-8-21-13/h2-7,19H,8H2,1H3,(H2,17,18,20,23). The predicted molar refractivity (Wildman–Crippen MR) is 89.1 cm³/mol. The van der Waals surface area contributed by atoms with E-state index in [1.54, 1.807) is 36.4 Å². The number of nitrogens with one attached hydrogen (secondary N) is 2. The van der Waals surface area contributed by atoms with Crippen LogP contribution in [0.5, 0.6) is 17.2 Å². The van der Waals surface area contributed by atoms with Crippen molar-refractivity contribution in [3.05, 3.63) is 47.5 Å². The van der Waals surface area contributed by atoms with Gasteiger partial charge in [-0.1, -0.05) is 6.07 Å². The lowest BCUT2D eigenvalue weighted by Crippen LogP contribution is -2.34. The third-order valence-electron chi connectivity index (χ3n) is 3.26. The maximum absolute atomic E-state index is 12.2. The molecule has 2 aromatic carbocycles. The van der Waals surface area contributed by atoms with E-state index in [9.17, 15) is 9.90 Å². The maximum atomic E-state index is 12.2. The summed E-state index contributed by atoms with van der Waals surface area (Å²) >= 11 is 5.10. The molecule has 0 atom stereocenters. The van der Waals surface area contributed by atoms with Crippen LogP contribution < -0.4 is 20.1 Å². The fourth-order valence-electron chi connectivity index (χ4n) is 2.12. The van der Waals surface area contributed by atoms with E-state index >= 15 is 0 Å². The number of aryl methyl sites for hydroxylation is 1. The van der Waals surface area contributed by atoms with Gasteiger partial charge in [0.15, 0.2) is 16.6 Å². The number of fused-ring (bicyclic) bond motifs is 1.